The molecule has 6 nitrogen and oxygen atoms in total. The van der Waals surface area contributed by atoms with Gasteiger partial charge >= 0.3 is 5.97 Å². The van der Waals surface area contributed by atoms with Crippen molar-refractivity contribution >= 4 is 17.6 Å². The second-order valence-electron chi connectivity index (χ2n) is 4.57. The largest absolute Gasteiger partial charge is 0.872 e. The first-order chi connectivity index (χ1) is 10.5. The minimum absolute atomic E-state index is 0.0561. The molecule has 22 heavy (non-hydrogen) atoms. The molecular formula is C16H14NO5-. The Morgan fingerprint density at radius 3 is 2.50 bits per heavy atom. The molecular weight excluding hydrogens is 286 g/mol. The van der Waals surface area contributed by atoms with Crippen LogP contribution < -0.4 is 15.2 Å². The third-order valence-corrected chi connectivity index (χ3v) is 2.90. The maximum absolute atomic E-state index is 12.1. The van der Waals surface area contributed by atoms with Gasteiger partial charge in [-0.25, -0.2) is 4.79 Å². The van der Waals surface area contributed by atoms with Gasteiger partial charge in [-0.3, -0.25) is 4.79 Å². The lowest BCUT2D eigenvalue weighted by atomic mass is 10.1. The van der Waals surface area contributed by atoms with Gasteiger partial charge in [0.05, 0.1) is 11.3 Å². The predicted molar refractivity (Wildman–Crippen MR) is 78.0 cm³/mol. The number of nitrogens with one attached hydrogen (secondary N) is 1. The summed E-state index contributed by atoms with van der Waals surface area (Å²) in [5, 5.41) is 22.7. The molecule has 0 aliphatic carbocycles. The molecule has 0 unspecified atom stereocenters. The van der Waals surface area contributed by atoms with Crippen LogP contribution >= 0.6 is 0 Å². The van der Waals surface area contributed by atoms with Crippen molar-refractivity contribution in [2.75, 3.05) is 5.32 Å². The second-order valence-corrected chi connectivity index (χ2v) is 4.57. The minimum Gasteiger partial charge on any atom is -0.872 e. The smallest absolute Gasteiger partial charge is 0.337 e. The molecule has 2 aromatic carbocycles. The maximum Gasteiger partial charge on any atom is 0.337 e. The predicted octanol–water partition coefficient (Wildman–Crippen LogP) is 1.86. The lowest BCUT2D eigenvalue weighted by Crippen LogP contribution is -2.30. The van der Waals surface area contributed by atoms with E-state index in [1.54, 1.807) is 31.2 Å². The third kappa shape index (κ3) is 3.76. The number of rotatable bonds is 5. The van der Waals surface area contributed by atoms with Crippen LogP contribution in [0.4, 0.5) is 5.69 Å². The first-order valence-electron chi connectivity index (χ1n) is 6.54. The molecule has 2 rings (SSSR count). The molecule has 2 N–H and O–H groups in total. The highest BCUT2D eigenvalue weighted by Gasteiger charge is 2.18. The molecule has 0 aromatic heterocycles. The fraction of sp³-hybridized carbons (Fsp3) is 0.125. The average Bonchev–Trinajstić information content (AvgIpc) is 2.49. The topological polar surface area (TPSA) is 98.7 Å². The van der Waals surface area contributed by atoms with Gasteiger partial charge in [-0.05, 0) is 25.1 Å². The van der Waals surface area contributed by atoms with Crippen molar-refractivity contribution in [3.63, 3.8) is 0 Å². The van der Waals surface area contributed by atoms with Gasteiger partial charge in [0, 0.05) is 0 Å². The molecule has 0 saturated carbocycles. The van der Waals surface area contributed by atoms with Gasteiger partial charge in [-0.15, -0.1) is 5.75 Å². The number of para-hydroxylation sites is 1. The Balaban J connectivity index is 2.10. The van der Waals surface area contributed by atoms with Crippen molar-refractivity contribution in [1.29, 1.82) is 0 Å². The summed E-state index contributed by atoms with van der Waals surface area (Å²) < 4.78 is 5.45. The van der Waals surface area contributed by atoms with E-state index >= 15 is 0 Å². The zero-order chi connectivity index (χ0) is 16.1. The van der Waals surface area contributed by atoms with Gasteiger partial charge in [0.1, 0.15) is 5.75 Å². The van der Waals surface area contributed by atoms with E-state index in [4.69, 9.17) is 9.84 Å². The van der Waals surface area contributed by atoms with E-state index < -0.39 is 23.7 Å². The van der Waals surface area contributed by atoms with Crippen molar-refractivity contribution in [3.8, 4) is 11.5 Å². The normalized spacial score (nSPS) is 11.5. The van der Waals surface area contributed by atoms with Crippen LogP contribution in [-0.2, 0) is 4.79 Å². The standard InChI is InChI=1S/C16H15NO5/c1-10(22-12-5-3-2-4-6-12)15(19)17-14-8-7-11(18)9-13(14)16(20)21/h2-10,18H,1H3,(H,17,19)(H,20,21)/p-1/t10-/m1/s1. The number of aromatic carboxylic acids is 1. The van der Waals surface area contributed by atoms with Crippen LogP contribution in [0.5, 0.6) is 11.5 Å². The number of carboxylic acids is 1. The van der Waals surface area contributed by atoms with Crippen LogP contribution in [0, 0.1) is 0 Å². The van der Waals surface area contributed by atoms with Gasteiger partial charge in [-0.2, -0.15) is 0 Å². The number of carboxylic acid groups (broad SMARTS) is 1. The van der Waals surface area contributed by atoms with Crippen LogP contribution in [0.3, 0.4) is 0 Å². The number of hydrogen-bond donors (Lipinski definition) is 2. The van der Waals surface area contributed by atoms with E-state index in [1.807, 2.05) is 6.07 Å². The summed E-state index contributed by atoms with van der Waals surface area (Å²) in [6.07, 6.45) is -0.823. The van der Waals surface area contributed by atoms with Gasteiger partial charge in [-0.1, -0.05) is 30.3 Å². The number of ether oxygens (including phenoxy) is 1. The number of anilines is 1. The Labute approximate surface area is 127 Å². The van der Waals surface area contributed by atoms with Crippen molar-refractivity contribution in [2.24, 2.45) is 0 Å². The van der Waals surface area contributed by atoms with E-state index in [-0.39, 0.29) is 11.3 Å². The van der Waals surface area contributed by atoms with E-state index in [9.17, 15) is 14.7 Å². The Morgan fingerprint density at radius 1 is 1.18 bits per heavy atom. The Kier molecular flexibility index (Phi) is 4.63. The van der Waals surface area contributed by atoms with E-state index in [0.717, 1.165) is 6.07 Å². The van der Waals surface area contributed by atoms with Gasteiger partial charge in [0.25, 0.3) is 5.91 Å². The first-order valence-corrected chi connectivity index (χ1v) is 6.54. The first kappa shape index (κ1) is 15.4. The fourth-order valence-corrected chi connectivity index (χ4v) is 1.80. The van der Waals surface area contributed by atoms with Crippen LogP contribution in [0.15, 0.2) is 48.5 Å². The summed E-state index contributed by atoms with van der Waals surface area (Å²) in [6.45, 7) is 1.55. The van der Waals surface area contributed by atoms with Gasteiger partial charge < -0.3 is 20.3 Å². The SMILES string of the molecule is C[C@@H](Oc1ccccc1)C(=O)Nc1ccc([O-])cc1C(=O)O. The molecule has 0 heterocycles. The lowest BCUT2D eigenvalue weighted by Gasteiger charge is -2.16. The van der Waals surface area contributed by atoms with Gasteiger partial charge in [0.2, 0.25) is 0 Å². The van der Waals surface area contributed by atoms with Crippen LogP contribution in [-0.4, -0.2) is 23.1 Å². The van der Waals surface area contributed by atoms with E-state index in [1.165, 1.54) is 12.1 Å². The Bertz CT molecular complexity index is 684. The monoisotopic (exact) mass is 300 g/mol. The molecule has 0 fully saturated rings. The summed E-state index contributed by atoms with van der Waals surface area (Å²) in [7, 11) is 0. The quantitative estimate of drug-likeness (QED) is 0.878. The average molecular weight is 300 g/mol. The molecule has 0 aliphatic heterocycles. The van der Waals surface area contributed by atoms with Crippen LogP contribution in [0.25, 0.3) is 0 Å². The Morgan fingerprint density at radius 2 is 1.86 bits per heavy atom. The molecule has 0 aliphatic rings. The summed E-state index contributed by atoms with van der Waals surface area (Å²) in [5.41, 5.74) is -0.201. The number of hydrogen-bond acceptors (Lipinski definition) is 4. The fourth-order valence-electron chi connectivity index (χ4n) is 1.80. The Hall–Kier alpha value is -3.02. The van der Waals surface area contributed by atoms with Crippen molar-refractivity contribution < 1.29 is 24.5 Å². The molecule has 0 saturated heterocycles. The minimum atomic E-state index is -1.29. The van der Waals surface area contributed by atoms with Crippen molar-refractivity contribution in [2.45, 2.75) is 13.0 Å². The number of carbonyl (C=O) groups excluding carboxylic acids is 1. The highest BCUT2D eigenvalue weighted by molar-refractivity contribution is 6.02. The summed E-state index contributed by atoms with van der Waals surface area (Å²) in [6, 6.07) is 12.2. The molecule has 6 heteroatoms. The molecule has 0 radical (unpaired) electrons. The highest BCUT2D eigenvalue weighted by Crippen LogP contribution is 2.20. The molecule has 0 spiro atoms. The third-order valence-electron chi connectivity index (χ3n) is 2.90. The summed E-state index contributed by atoms with van der Waals surface area (Å²) in [5.74, 6) is -1.71. The van der Waals surface area contributed by atoms with Crippen molar-refractivity contribution in [1.82, 2.24) is 0 Å². The molecule has 1 amide bonds. The number of benzene rings is 2. The molecule has 0 bridgehead atoms. The molecule has 114 valence electrons. The van der Waals surface area contributed by atoms with Crippen molar-refractivity contribution in [3.05, 3.63) is 54.1 Å². The van der Waals surface area contributed by atoms with E-state index in [2.05, 4.69) is 5.32 Å². The van der Waals surface area contributed by atoms with E-state index in [0.29, 0.717) is 5.75 Å². The zero-order valence-corrected chi connectivity index (χ0v) is 11.8. The molecule has 2 aromatic rings. The lowest BCUT2D eigenvalue weighted by molar-refractivity contribution is -0.268. The molecule has 1 atom stereocenters. The summed E-state index contributed by atoms with van der Waals surface area (Å²) in [4.78, 5) is 23.2. The van der Waals surface area contributed by atoms with Crippen LogP contribution in [0.2, 0.25) is 0 Å². The zero-order valence-electron chi connectivity index (χ0n) is 11.8. The highest BCUT2D eigenvalue weighted by atomic mass is 16.5. The van der Waals surface area contributed by atoms with Gasteiger partial charge in [0.15, 0.2) is 6.10 Å². The maximum atomic E-state index is 12.1. The number of amides is 1. The summed E-state index contributed by atoms with van der Waals surface area (Å²) >= 11 is 0. The number of carbonyl (C=O) groups is 2. The second kappa shape index (κ2) is 6.62. The van der Waals surface area contributed by atoms with Crippen LogP contribution in [0.1, 0.15) is 17.3 Å².